The van der Waals surface area contributed by atoms with E-state index in [0.717, 1.165) is 59.8 Å². The Morgan fingerprint density at radius 2 is 1.94 bits per heavy atom. The van der Waals surface area contributed by atoms with Crippen LogP contribution in [0.25, 0.3) is 22.0 Å². The molecule has 1 heterocycles. The van der Waals surface area contributed by atoms with E-state index < -0.39 is 0 Å². The Balaban J connectivity index is 1.83. The number of pyridine rings is 1. The minimum absolute atomic E-state index is 0.0718. The maximum Gasteiger partial charge on any atom is 0.166 e. The number of carbonyl (C=O) groups excluding carboxylic acids is 1. The number of hydrogen-bond acceptors (Lipinski definition) is 6. The van der Waals surface area contributed by atoms with Gasteiger partial charge < -0.3 is 21.3 Å². The number of halogens is 1. The fraction of sp³-hybridized carbons (Fsp3) is 0.385. The van der Waals surface area contributed by atoms with E-state index >= 15 is 0 Å². The number of nitrogens with zero attached hydrogens (tertiary/aromatic N) is 1. The maximum absolute atomic E-state index is 13.0. The van der Waals surface area contributed by atoms with Crippen LogP contribution in [0, 0.1) is 0 Å². The summed E-state index contributed by atoms with van der Waals surface area (Å²) in [6.45, 7) is 1.67. The lowest BCUT2D eigenvalue weighted by molar-refractivity contribution is 0.0982. The molecule has 0 unspecified atom stereocenters. The topological polar surface area (TPSA) is 108 Å². The highest BCUT2D eigenvalue weighted by Crippen LogP contribution is 2.37. The zero-order valence-electron chi connectivity index (χ0n) is 18.8. The predicted molar refractivity (Wildman–Crippen MR) is 133 cm³/mol. The van der Waals surface area contributed by atoms with Crippen molar-refractivity contribution in [3.05, 3.63) is 52.7 Å². The third-order valence-corrected chi connectivity index (χ3v) is 6.70. The van der Waals surface area contributed by atoms with Gasteiger partial charge in [0, 0.05) is 35.7 Å². The van der Waals surface area contributed by atoms with Crippen LogP contribution in [0.4, 0.5) is 5.69 Å². The first kappa shape index (κ1) is 23.5. The first-order valence-electron chi connectivity index (χ1n) is 11.5. The van der Waals surface area contributed by atoms with Crippen molar-refractivity contribution in [2.75, 3.05) is 5.32 Å². The minimum Gasteiger partial charge on any atom is -0.506 e. The molecule has 0 spiro atoms. The monoisotopic (exact) mass is 467 g/mol. The number of aromatic nitrogens is 1. The summed E-state index contributed by atoms with van der Waals surface area (Å²) in [5.41, 5.74) is 10.3. The largest absolute Gasteiger partial charge is 0.506 e. The first-order valence-corrected chi connectivity index (χ1v) is 11.9. The summed E-state index contributed by atoms with van der Waals surface area (Å²) in [5.74, 6) is -0.0433. The zero-order chi connectivity index (χ0) is 23.5. The number of aliphatic hydroxyl groups excluding tert-OH is 1. The third-order valence-electron chi connectivity index (χ3n) is 6.41. The molecule has 1 aromatic heterocycles. The highest BCUT2D eigenvalue weighted by atomic mass is 35.5. The second kappa shape index (κ2) is 10.1. The number of aliphatic hydroxyl groups is 1. The van der Waals surface area contributed by atoms with Gasteiger partial charge in [-0.1, -0.05) is 24.6 Å². The molecule has 33 heavy (non-hydrogen) atoms. The fourth-order valence-electron chi connectivity index (χ4n) is 4.51. The molecule has 1 aliphatic carbocycles. The van der Waals surface area contributed by atoms with E-state index in [4.69, 9.17) is 17.3 Å². The minimum atomic E-state index is -0.319. The fourth-order valence-corrected chi connectivity index (χ4v) is 4.75. The van der Waals surface area contributed by atoms with E-state index in [-0.39, 0.29) is 35.2 Å². The number of rotatable bonds is 7. The highest BCUT2D eigenvalue weighted by Gasteiger charge is 2.22. The van der Waals surface area contributed by atoms with Crippen molar-refractivity contribution >= 4 is 34.0 Å². The van der Waals surface area contributed by atoms with Crippen molar-refractivity contribution < 1.29 is 15.0 Å². The Morgan fingerprint density at radius 1 is 1.18 bits per heavy atom. The molecule has 0 aliphatic heterocycles. The number of phenols is 1. The Kier molecular flexibility index (Phi) is 7.17. The lowest BCUT2D eigenvalue weighted by Gasteiger charge is -2.29. The van der Waals surface area contributed by atoms with Crippen molar-refractivity contribution in [3.8, 4) is 16.9 Å². The molecule has 6 nitrogen and oxygen atoms in total. The molecule has 0 bridgehead atoms. The number of nitrogens with one attached hydrogen (secondary N) is 1. The second-order valence-electron chi connectivity index (χ2n) is 8.83. The maximum atomic E-state index is 13.0. The molecule has 1 saturated carbocycles. The van der Waals surface area contributed by atoms with Crippen LogP contribution < -0.4 is 11.1 Å². The molecule has 5 N–H and O–H groups in total. The molecule has 7 heteroatoms. The van der Waals surface area contributed by atoms with Gasteiger partial charge in [-0.3, -0.25) is 9.78 Å². The molecule has 174 valence electrons. The van der Waals surface area contributed by atoms with Crippen LogP contribution in [0.5, 0.6) is 5.75 Å². The standard InChI is InChI=1S/C26H30ClN3O3/c1-2-3-24(32)21-13-29-23-9-4-15(16-10-17(14-31)26(33)22(27)12-16)11-20(23)25(21)30-19-7-5-18(28)6-8-19/h4,9-13,18-19,31,33H,2-3,5-8,14,28H2,1H3,(H,29,30)/t18-,19-. The molecule has 1 aliphatic rings. The van der Waals surface area contributed by atoms with E-state index in [2.05, 4.69) is 10.3 Å². The van der Waals surface area contributed by atoms with Crippen molar-refractivity contribution in [1.82, 2.24) is 4.98 Å². The van der Waals surface area contributed by atoms with Crippen molar-refractivity contribution in [3.63, 3.8) is 0 Å². The quantitative estimate of drug-likeness (QED) is 0.345. The molecule has 4 rings (SSSR count). The van der Waals surface area contributed by atoms with Crippen LogP contribution in [0.2, 0.25) is 5.02 Å². The van der Waals surface area contributed by atoms with E-state index in [9.17, 15) is 15.0 Å². The van der Waals surface area contributed by atoms with Gasteiger partial charge in [-0.2, -0.15) is 0 Å². The lowest BCUT2D eigenvalue weighted by atomic mass is 9.91. The SMILES string of the molecule is CCCC(=O)c1cnc2ccc(-c3cc(Cl)c(O)c(CO)c3)cc2c1N[C@H]1CC[C@H](N)CC1. The first-order chi connectivity index (χ1) is 15.9. The van der Waals surface area contributed by atoms with Crippen LogP contribution in [0.15, 0.2) is 36.5 Å². The van der Waals surface area contributed by atoms with Gasteiger partial charge in [0.15, 0.2) is 5.78 Å². The Morgan fingerprint density at radius 3 is 2.64 bits per heavy atom. The number of anilines is 1. The summed E-state index contributed by atoms with van der Waals surface area (Å²) < 4.78 is 0. The number of ketones is 1. The summed E-state index contributed by atoms with van der Waals surface area (Å²) in [4.78, 5) is 17.5. The van der Waals surface area contributed by atoms with Crippen LogP contribution >= 0.6 is 11.6 Å². The van der Waals surface area contributed by atoms with Gasteiger partial charge in [-0.25, -0.2) is 0 Å². The molecular formula is C26H30ClN3O3. The Labute approximate surface area is 198 Å². The average Bonchev–Trinajstić information content (AvgIpc) is 2.82. The van der Waals surface area contributed by atoms with Gasteiger partial charge in [-0.05, 0) is 67.5 Å². The van der Waals surface area contributed by atoms with Crippen LogP contribution in [0.3, 0.4) is 0 Å². The van der Waals surface area contributed by atoms with E-state index in [1.807, 2.05) is 25.1 Å². The molecule has 2 aromatic carbocycles. The predicted octanol–water partition coefficient (Wildman–Crippen LogP) is 5.42. The van der Waals surface area contributed by atoms with Gasteiger partial charge in [0.2, 0.25) is 0 Å². The Bertz CT molecular complexity index is 1170. The number of benzene rings is 2. The van der Waals surface area contributed by atoms with Crippen molar-refractivity contribution in [2.45, 2.75) is 64.1 Å². The van der Waals surface area contributed by atoms with Crippen LogP contribution in [0.1, 0.15) is 61.4 Å². The molecule has 0 atom stereocenters. The van der Waals surface area contributed by atoms with Gasteiger partial charge in [0.25, 0.3) is 0 Å². The summed E-state index contributed by atoms with van der Waals surface area (Å²) in [6.07, 6.45) is 6.74. The van der Waals surface area contributed by atoms with Crippen LogP contribution in [-0.4, -0.2) is 33.1 Å². The van der Waals surface area contributed by atoms with Crippen LogP contribution in [-0.2, 0) is 6.61 Å². The van der Waals surface area contributed by atoms with Crippen molar-refractivity contribution in [1.29, 1.82) is 0 Å². The van der Waals surface area contributed by atoms with Gasteiger partial charge in [-0.15, -0.1) is 0 Å². The lowest BCUT2D eigenvalue weighted by Crippen LogP contribution is -2.33. The van der Waals surface area contributed by atoms with E-state index in [1.165, 1.54) is 0 Å². The number of nitrogens with two attached hydrogens (primary N) is 1. The number of Topliss-reactive ketones (excluding diaryl/α,β-unsaturated/α-hetero) is 1. The summed E-state index contributed by atoms with van der Waals surface area (Å²) in [7, 11) is 0. The highest BCUT2D eigenvalue weighted by molar-refractivity contribution is 6.32. The summed E-state index contributed by atoms with van der Waals surface area (Å²) >= 11 is 6.20. The number of hydrogen-bond donors (Lipinski definition) is 4. The van der Waals surface area contributed by atoms with Gasteiger partial charge in [0.1, 0.15) is 5.75 Å². The van der Waals surface area contributed by atoms with E-state index in [1.54, 1.807) is 18.3 Å². The number of fused-ring (bicyclic) bond motifs is 1. The Hall–Kier alpha value is -2.67. The molecule has 3 aromatic rings. The smallest absolute Gasteiger partial charge is 0.166 e. The average molecular weight is 468 g/mol. The molecule has 1 fully saturated rings. The van der Waals surface area contributed by atoms with Gasteiger partial charge in [0.05, 0.1) is 28.4 Å². The molecular weight excluding hydrogens is 438 g/mol. The van der Waals surface area contributed by atoms with Gasteiger partial charge >= 0.3 is 0 Å². The van der Waals surface area contributed by atoms with E-state index in [0.29, 0.717) is 17.5 Å². The number of aromatic hydroxyl groups is 1. The number of carbonyl (C=O) groups is 1. The van der Waals surface area contributed by atoms with Crippen molar-refractivity contribution in [2.24, 2.45) is 5.73 Å². The molecule has 0 radical (unpaired) electrons. The zero-order valence-corrected chi connectivity index (χ0v) is 19.5. The summed E-state index contributed by atoms with van der Waals surface area (Å²) in [6, 6.07) is 9.72. The molecule has 0 amide bonds. The summed E-state index contributed by atoms with van der Waals surface area (Å²) in [5, 5.41) is 24.4. The normalized spacial score (nSPS) is 18.4. The molecule has 0 saturated heterocycles. The third kappa shape index (κ3) is 4.98. The second-order valence-corrected chi connectivity index (χ2v) is 9.24.